The lowest BCUT2D eigenvalue weighted by molar-refractivity contribution is -0.146. The molecule has 0 amide bonds. The monoisotopic (exact) mass is 195 g/mol. The van der Waals surface area contributed by atoms with E-state index >= 15 is 0 Å². The third-order valence-corrected chi connectivity index (χ3v) is 4.21. The summed E-state index contributed by atoms with van der Waals surface area (Å²) in [7, 11) is 0. The number of fused-ring (bicyclic) bond motifs is 2. The first-order chi connectivity index (χ1) is 6.75. The number of hydrogen-bond acceptors (Lipinski definition) is 2. The highest BCUT2D eigenvalue weighted by atomic mass is 16.4. The number of likely N-dealkylation sites (tertiary alicyclic amines) is 1. The summed E-state index contributed by atoms with van der Waals surface area (Å²) < 4.78 is 0. The van der Waals surface area contributed by atoms with E-state index in [0.29, 0.717) is 11.8 Å². The number of nitrogens with zero attached hydrogens (tertiary/aromatic N) is 1. The van der Waals surface area contributed by atoms with Crippen LogP contribution in [0.2, 0.25) is 0 Å². The predicted octanol–water partition coefficient (Wildman–Crippen LogP) is 1.19. The van der Waals surface area contributed by atoms with Gasteiger partial charge in [0.15, 0.2) is 0 Å². The van der Waals surface area contributed by atoms with Crippen LogP contribution in [0.3, 0.4) is 0 Å². The van der Waals surface area contributed by atoms with Gasteiger partial charge in [-0.2, -0.15) is 0 Å². The summed E-state index contributed by atoms with van der Waals surface area (Å²) in [6, 6.07) is 0.813. The van der Waals surface area contributed by atoms with Crippen LogP contribution in [0.25, 0.3) is 0 Å². The first kappa shape index (κ1) is 8.72. The van der Waals surface area contributed by atoms with Crippen molar-refractivity contribution in [1.82, 2.24) is 4.90 Å². The average molecular weight is 195 g/mol. The molecule has 1 N–H and O–H groups in total. The molecule has 2 saturated carbocycles. The van der Waals surface area contributed by atoms with Crippen LogP contribution in [0, 0.1) is 17.8 Å². The van der Waals surface area contributed by atoms with Gasteiger partial charge in [0.2, 0.25) is 0 Å². The zero-order valence-electron chi connectivity index (χ0n) is 8.35. The molecule has 3 rings (SSSR count). The van der Waals surface area contributed by atoms with E-state index in [-0.39, 0.29) is 5.92 Å². The van der Waals surface area contributed by atoms with Crippen molar-refractivity contribution in [3.63, 3.8) is 0 Å². The van der Waals surface area contributed by atoms with Gasteiger partial charge in [0, 0.05) is 19.1 Å². The summed E-state index contributed by atoms with van der Waals surface area (Å²) in [5.41, 5.74) is 0. The van der Waals surface area contributed by atoms with Gasteiger partial charge in [-0.1, -0.05) is 0 Å². The third kappa shape index (κ3) is 1.26. The van der Waals surface area contributed by atoms with Gasteiger partial charge in [-0.15, -0.1) is 0 Å². The molecule has 1 aliphatic heterocycles. The molecule has 2 bridgehead atoms. The van der Waals surface area contributed by atoms with Crippen molar-refractivity contribution in [3.05, 3.63) is 0 Å². The summed E-state index contributed by atoms with van der Waals surface area (Å²) in [6.45, 7) is 2.11. The Labute approximate surface area is 84.1 Å². The van der Waals surface area contributed by atoms with Crippen LogP contribution < -0.4 is 0 Å². The van der Waals surface area contributed by atoms with Crippen molar-refractivity contribution in [2.75, 3.05) is 13.1 Å². The van der Waals surface area contributed by atoms with Gasteiger partial charge in [0.25, 0.3) is 0 Å². The third-order valence-electron chi connectivity index (χ3n) is 4.21. The van der Waals surface area contributed by atoms with Crippen molar-refractivity contribution in [3.8, 4) is 0 Å². The molecule has 0 radical (unpaired) electrons. The summed E-state index contributed by atoms with van der Waals surface area (Å²) in [5.74, 6) is 0.330. The number of hydrogen-bond donors (Lipinski definition) is 1. The first-order valence-electron chi connectivity index (χ1n) is 5.72. The van der Waals surface area contributed by atoms with Gasteiger partial charge in [0.05, 0.1) is 5.92 Å². The summed E-state index contributed by atoms with van der Waals surface area (Å²) >= 11 is 0. The Hall–Kier alpha value is -0.570. The quantitative estimate of drug-likeness (QED) is 0.719. The highest BCUT2D eigenvalue weighted by molar-refractivity contribution is 5.71. The largest absolute Gasteiger partial charge is 0.481 e. The molecule has 3 aliphatic rings. The summed E-state index contributed by atoms with van der Waals surface area (Å²) in [5, 5.41) is 9.14. The van der Waals surface area contributed by atoms with Crippen molar-refractivity contribution in [1.29, 1.82) is 0 Å². The molecule has 78 valence electrons. The van der Waals surface area contributed by atoms with Crippen LogP contribution >= 0.6 is 0 Å². The molecule has 2 atom stereocenters. The molecular formula is C11H17NO2. The van der Waals surface area contributed by atoms with E-state index in [2.05, 4.69) is 4.90 Å². The van der Waals surface area contributed by atoms with Crippen molar-refractivity contribution in [2.24, 2.45) is 17.8 Å². The van der Waals surface area contributed by atoms with Gasteiger partial charge in [0.1, 0.15) is 0 Å². The lowest BCUT2D eigenvalue weighted by Crippen LogP contribution is -2.45. The second-order valence-corrected chi connectivity index (χ2v) is 5.15. The van der Waals surface area contributed by atoms with Gasteiger partial charge < -0.3 is 5.11 Å². The normalized spacial score (nSPS) is 42.7. The van der Waals surface area contributed by atoms with Crippen molar-refractivity contribution < 1.29 is 9.90 Å². The zero-order chi connectivity index (χ0) is 9.71. The fourth-order valence-electron chi connectivity index (χ4n) is 3.40. The van der Waals surface area contributed by atoms with Crippen molar-refractivity contribution >= 4 is 5.97 Å². The Bertz CT molecular complexity index is 248. The fourth-order valence-corrected chi connectivity index (χ4v) is 3.40. The van der Waals surface area contributed by atoms with Crippen molar-refractivity contribution in [2.45, 2.75) is 31.7 Å². The Morgan fingerprint density at radius 3 is 2.07 bits per heavy atom. The second-order valence-electron chi connectivity index (χ2n) is 5.15. The van der Waals surface area contributed by atoms with Crippen LogP contribution in [-0.4, -0.2) is 35.1 Å². The number of aliphatic carboxylic acids is 1. The molecule has 1 heterocycles. The summed E-state index contributed by atoms with van der Waals surface area (Å²) in [6.07, 6.45) is 4.98. The highest BCUT2D eigenvalue weighted by Crippen LogP contribution is 2.44. The van der Waals surface area contributed by atoms with Gasteiger partial charge in [-0.05, 0) is 37.5 Å². The number of carbonyl (C=O) groups is 1. The molecule has 0 aromatic rings. The topological polar surface area (TPSA) is 40.5 Å². The molecule has 3 nitrogen and oxygen atoms in total. The van der Waals surface area contributed by atoms with Crippen LogP contribution in [0.1, 0.15) is 25.7 Å². The molecule has 2 unspecified atom stereocenters. The van der Waals surface area contributed by atoms with E-state index in [1.54, 1.807) is 0 Å². The number of piperidine rings is 1. The first-order valence-corrected chi connectivity index (χ1v) is 5.72. The zero-order valence-corrected chi connectivity index (χ0v) is 8.35. The minimum atomic E-state index is -0.548. The highest BCUT2D eigenvalue weighted by Gasteiger charge is 2.48. The molecule has 0 aromatic carbocycles. The van der Waals surface area contributed by atoms with E-state index in [0.717, 1.165) is 32.0 Å². The Kier molecular flexibility index (Phi) is 1.84. The predicted molar refractivity (Wildman–Crippen MR) is 51.9 cm³/mol. The van der Waals surface area contributed by atoms with E-state index in [4.69, 9.17) is 5.11 Å². The van der Waals surface area contributed by atoms with Gasteiger partial charge in [-0.3, -0.25) is 9.69 Å². The maximum atomic E-state index is 11.1. The number of carboxylic acid groups (broad SMARTS) is 1. The molecule has 3 heteroatoms. The Balaban J connectivity index is 1.74. The molecule has 2 aliphatic carbocycles. The van der Waals surface area contributed by atoms with Crippen LogP contribution in [0.15, 0.2) is 0 Å². The van der Waals surface area contributed by atoms with E-state index in [1.165, 1.54) is 12.8 Å². The lowest BCUT2D eigenvalue weighted by atomic mass is 9.85. The molecular weight excluding hydrogens is 178 g/mol. The van der Waals surface area contributed by atoms with E-state index in [9.17, 15) is 4.79 Å². The fraction of sp³-hybridized carbons (Fsp3) is 0.909. The number of carboxylic acids is 1. The second kappa shape index (κ2) is 2.96. The van der Waals surface area contributed by atoms with E-state index in [1.807, 2.05) is 0 Å². The minimum Gasteiger partial charge on any atom is -0.481 e. The molecule has 1 saturated heterocycles. The van der Waals surface area contributed by atoms with E-state index < -0.39 is 5.97 Å². The molecule has 3 fully saturated rings. The minimum absolute atomic E-state index is 0.0231. The van der Waals surface area contributed by atoms with Crippen LogP contribution in [0.4, 0.5) is 0 Å². The Morgan fingerprint density at radius 1 is 1.07 bits per heavy atom. The van der Waals surface area contributed by atoms with Gasteiger partial charge >= 0.3 is 5.97 Å². The number of rotatable bonds is 2. The average Bonchev–Trinajstić information content (AvgIpc) is 2.92. The Morgan fingerprint density at radius 2 is 1.64 bits per heavy atom. The summed E-state index contributed by atoms with van der Waals surface area (Å²) in [4.78, 5) is 13.6. The molecule has 0 spiro atoms. The maximum absolute atomic E-state index is 11.1. The van der Waals surface area contributed by atoms with Crippen LogP contribution in [-0.2, 0) is 4.79 Å². The molecule has 14 heavy (non-hydrogen) atoms. The maximum Gasteiger partial charge on any atom is 0.307 e. The van der Waals surface area contributed by atoms with Gasteiger partial charge in [-0.25, -0.2) is 0 Å². The smallest absolute Gasteiger partial charge is 0.307 e. The standard InChI is InChI=1S/C11H17NO2/c13-11(14)10-7-1-2-8(10)6-12(5-7)9-3-4-9/h7-10H,1-6H2,(H,13,14). The SMILES string of the molecule is O=C(O)C1C2CCC1CN(C1CC1)C2. The molecule has 0 aromatic heterocycles. The van der Waals surface area contributed by atoms with Crippen LogP contribution in [0.5, 0.6) is 0 Å². The lowest BCUT2D eigenvalue weighted by Gasteiger charge is -2.36.